The zero-order valence-electron chi connectivity index (χ0n) is 21.6. The molecule has 0 fully saturated rings. The standard InChI is InChI=1S/C28H32ClN3O5S/c1-4-17-30-28(34)21(2)31(19-22-11-7-5-8-12-22)27(33)20-32(25-18-23(29)15-16-26(25)37-3)38(35,36)24-13-9-6-10-14-24/h5-16,18,21H,4,17,19-20H2,1-3H3,(H,30,34)/t21-/m1/s1. The molecule has 38 heavy (non-hydrogen) atoms. The van der Waals surface area contributed by atoms with Gasteiger partial charge in [0.1, 0.15) is 18.3 Å². The van der Waals surface area contributed by atoms with Gasteiger partial charge in [0.25, 0.3) is 10.0 Å². The van der Waals surface area contributed by atoms with Crippen LogP contribution in [0, 0.1) is 0 Å². The minimum atomic E-state index is -4.22. The Bertz CT molecular complexity index is 1340. The van der Waals surface area contributed by atoms with E-state index in [2.05, 4.69) is 5.32 Å². The van der Waals surface area contributed by atoms with Crippen molar-refractivity contribution >= 4 is 39.1 Å². The van der Waals surface area contributed by atoms with E-state index < -0.39 is 28.5 Å². The topological polar surface area (TPSA) is 96.0 Å². The second-order valence-electron chi connectivity index (χ2n) is 8.62. The SMILES string of the molecule is CCCNC(=O)[C@@H](C)N(Cc1ccccc1)C(=O)CN(c1cc(Cl)ccc1OC)S(=O)(=O)c1ccccc1. The first-order chi connectivity index (χ1) is 18.2. The van der Waals surface area contributed by atoms with Crippen molar-refractivity contribution in [1.82, 2.24) is 10.2 Å². The number of hydrogen-bond acceptors (Lipinski definition) is 5. The summed E-state index contributed by atoms with van der Waals surface area (Å²) in [6.07, 6.45) is 0.739. The molecule has 3 rings (SSSR count). The maximum atomic E-state index is 13.9. The largest absolute Gasteiger partial charge is 0.495 e. The van der Waals surface area contributed by atoms with Crippen LogP contribution in [-0.2, 0) is 26.2 Å². The summed E-state index contributed by atoms with van der Waals surface area (Å²) in [4.78, 5) is 28.1. The van der Waals surface area contributed by atoms with Gasteiger partial charge in [-0.1, -0.05) is 67.1 Å². The van der Waals surface area contributed by atoms with E-state index in [9.17, 15) is 18.0 Å². The van der Waals surface area contributed by atoms with Gasteiger partial charge in [-0.3, -0.25) is 13.9 Å². The van der Waals surface area contributed by atoms with Crippen molar-refractivity contribution in [2.24, 2.45) is 0 Å². The fourth-order valence-corrected chi connectivity index (χ4v) is 5.45. The average Bonchev–Trinajstić information content (AvgIpc) is 2.93. The highest BCUT2D eigenvalue weighted by Crippen LogP contribution is 2.35. The molecule has 8 nitrogen and oxygen atoms in total. The van der Waals surface area contributed by atoms with E-state index >= 15 is 0 Å². The molecule has 0 saturated heterocycles. The predicted molar refractivity (Wildman–Crippen MR) is 149 cm³/mol. The van der Waals surface area contributed by atoms with E-state index in [0.29, 0.717) is 6.54 Å². The number of sulfonamides is 1. The van der Waals surface area contributed by atoms with Crippen LogP contribution in [0.4, 0.5) is 5.69 Å². The smallest absolute Gasteiger partial charge is 0.264 e. The summed E-state index contributed by atoms with van der Waals surface area (Å²) < 4.78 is 34.1. The Hall–Kier alpha value is -3.56. The summed E-state index contributed by atoms with van der Waals surface area (Å²) in [5.74, 6) is -0.659. The lowest BCUT2D eigenvalue weighted by atomic mass is 10.1. The van der Waals surface area contributed by atoms with Crippen molar-refractivity contribution in [2.45, 2.75) is 37.8 Å². The van der Waals surface area contributed by atoms with Crippen molar-refractivity contribution in [3.63, 3.8) is 0 Å². The Kier molecular flexibility index (Phi) is 10.2. The summed E-state index contributed by atoms with van der Waals surface area (Å²) in [5, 5.41) is 3.09. The molecule has 2 amide bonds. The van der Waals surface area contributed by atoms with Gasteiger partial charge in [-0.2, -0.15) is 0 Å². The highest BCUT2D eigenvalue weighted by atomic mass is 35.5. The first-order valence-corrected chi connectivity index (χ1v) is 14.0. The van der Waals surface area contributed by atoms with Crippen LogP contribution in [0.2, 0.25) is 5.02 Å². The number of halogens is 1. The van der Waals surface area contributed by atoms with E-state index in [1.807, 2.05) is 37.3 Å². The van der Waals surface area contributed by atoms with Gasteiger partial charge in [-0.25, -0.2) is 8.42 Å². The lowest BCUT2D eigenvalue weighted by Crippen LogP contribution is -2.51. The van der Waals surface area contributed by atoms with Gasteiger partial charge < -0.3 is 15.0 Å². The maximum Gasteiger partial charge on any atom is 0.264 e. The third-order valence-corrected chi connectivity index (χ3v) is 7.94. The van der Waals surface area contributed by atoms with Gasteiger partial charge in [0.2, 0.25) is 11.8 Å². The Morgan fingerprint density at radius 2 is 1.63 bits per heavy atom. The van der Waals surface area contributed by atoms with Crippen molar-refractivity contribution in [2.75, 3.05) is 24.5 Å². The lowest BCUT2D eigenvalue weighted by Gasteiger charge is -2.32. The number of nitrogens with one attached hydrogen (secondary N) is 1. The first kappa shape index (κ1) is 29.0. The summed E-state index contributed by atoms with van der Waals surface area (Å²) >= 11 is 6.24. The van der Waals surface area contributed by atoms with Crippen LogP contribution in [0.5, 0.6) is 5.75 Å². The number of amides is 2. The van der Waals surface area contributed by atoms with Gasteiger partial charge in [-0.15, -0.1) is 0 Å². The number of carbonyl (C=O) groups excluding carboxylic acids is 2. The molecule has 3 aromatic carbocycles. The van der Waals surface area contributed by atoms with E-state index in [1.165, 1.54) is 36.3 Å². The van der Waals surface area contributed by atoms with Crippen molar-refractivity contribution in [1.29, 1.82) is 0 Å². The highest BCUT2D eigenvalue weighted by molar-refractivity contribution is 7.92. The second kappa shape index (κ2) is 13.3. The molecule has 0 aliphatic rings. The number of rotatable bonds is 12. The Labute approximate surface area is 229 Å². The molecule has 1 N–H and O–H groups in total. The molecule has 0 spiro atoms. The molecule has 202 valence electrons. The Balaban J connectivity index is 2.06. The molecule has 1 atom stereocenters. The maximum absolute atomic E-state index is 13.9. The lowest BCUT2D eigenvalue weighted by molar-refractivity contribution is -0.139. The van der Waals surface area contributed by atoms with Gasteiger partial charge in [0.05, 0.1) is 17.7 Å². The minimum absolute atomic E-state index is 0.00169. The first-order valence-electron chi connectivity index (χ1n) is 12.2. The van der Waals surface area contributed by atoms with Crippen molar-refractivity contribution in [3.8, 4) is 5.75 Å². The number of hydrogen-bond donors (Lipinski definition) is 1. The fourth-order valence-electron chi connectivity index (χ4n) is 3.85. The van der Waals surface area contributed by atoms with E-state index in [4.69, 9.17) is 16.3 Å². The number of benzene rings is 3. The van der Waals surface area contributed by atoms with Gasteiger partial charge >= 0.3 is 0 Å². The molecule has 0 aliphatic carbocycles. The van der Waals surface area contributed by atoms with Crippen molar-refractivity contribution in [3.05, 3.63) is 89.4 Å². The molecular formula is C28H32ClN3O5S. The normalized spacial score (nSPS) is 11.9. The van der Waals surface area contributed by atoms with Crippen LogP contribution >= 0.6 is 11.6 Å². The molecule has 10 heteroatoms. The number of ether oxygens (including phenoxy) is 1. The van der Waals surface area contributed by atoms with Gasteiger partial charge in [0, 0.05) is 18.1 Å². The zero-order valence-corrected chi connectivity index (χ0v) is 23.2. The van der Waals surface area contributed by atoms with Gasteiger partial charge in [-0.05, 0) is 49.2 Å². The number of methoxy groups -OCH3 is 1. The van der Waals surface area contributed by atoms with Crippen molar-refractivity contribution < 1.29 is 22.7 Å². The molecular weight excluding hydrogens is 526 g/mol. The number of anilines is 1. The highest BCUT2D eigenvalue weighted by Gasteiger charge is 2.33. The van der Waals surface area contributed by atoms with Crippen LogP contribution in [0.25, 0.3) is 0 Å². The third kappa shape index (κ3) is 7.05. The molecule has 3 aromatic rings. The quantitative estimate of drug-likeness (QED) is 0.354. The Morgan fingerprint density at radius 3 is 2.24 bits per heavy atom. The zero-order chi connectivity index (χ0) is 27.7. The third-order valence-electron chi connectivity index (χ3n) is 5.93. The second-order valence-corrected chi connectivity index (χ2v) is 10.9. The minimum Gasteiger partial charge on any atom is -0.495 e. The molecule has 0 saturated carbocycles. The summed E-state index contributed by atoms with van der Waals surface area (Å²) in [7, 11) is -2.81. The van der Waals surface area contributed by atoms with Gasteiger partial charge in [0.15, 0.2) is 0 Å². The molecule has 0 aliphatic heterocycles. The molecule has 0 radical (unpaired) electrons. The van der Waals surface area contributed by atoms with E-state index in [0.717, 1.165) is 16.3 Å². The van der Waals surface area contributed by atoms with Crippen LogP contribution < -0.4 is 14.4 Å². The summed E-state index contributed by atoms with van der Waals surface area (Å²) in [6.45, 7) is 3.56. The monoisotopic (exact) mass is 557 g/mol. The summed E-state index contributed by atoms with van der Waals surface area (Å²) in [6, 6.07) is 20.7. The van der Waals surface area contributed by atoms with Crippen LogP contribution in [0.15, 0.2) is 83.8 Å². The fraction of sp³-hybridized carbons (Fsp3) is 0.286. The molecule has 0 aromatic heterocycles. The molecule has 0 bridgehead atoms. The number of nitrogens with zero attached hydrogens (tertiary/aromatic N) is 2. The predicted octanol–water partition coefficient (Wildman–Crippen LogP) is 4.49. The summed E-state index contributed by atoms with van der Waals surface area (Å²) in [5.41, 5.74) is 0.911. The van der Waals surface area contributed by atoms with Crippen LogP contribution in [-0.4, -0.2) is 51.4 Å². The van der Waals surface area contributed by atoms with E-state index in [1.54, 1.807) is 31.2 Å². The van der Waals surface area contributed by atoms with Crippen LogP contribution in [0.3, 0.4) is 0 Å². The number of carbonyl (C=O) groups is 2. The average molecular weight is 558 g/mol. The Morgan fingerprint density at radius 1 is 1.00 bits per heavy atom. The molecule has 0 heterocycles. The molecule has 0 unspecified atom stereocenters. The van der Waals surface area contributed by atoms with Crippen LogP contribution in [0.1, 0.15) is 25.8 Å². The van der Waals surface area contributed by atoms with E-state index in [-0.39, 0.29) is 33.8 Å².